The lowest BCUT2D eigenvalue weighted by Gasteiger charge is -2.30. The van der Waals surface area contributed by atoms with Gasteiger partial charge in [0.15, 0.2) is 0 Å². The predicted molar refractivity (Wildman–Crippen MR) is 119 cm³/mol. The van der Waals surface area contributed by atoms with Crippen LogP contribution in [0.15, 0.2) is 42.7 Å². The lowest BCUT2D eigenvalue weighted by Crippen LogP contribution is -2.30. The van der Waals surface area contributed by atoms with E-state index in [-0.39, 0.29) is 0 Å². The van der Waals surface area contributed by atoms with Crippen molar-refractivity contribution < 1.29 is 0 Å². The fourth-order valence-corrected chi connectivity index (χ4v) is 4.00. The first-order valence-corrected chi connectivity index (χ1v) is 10.3. The van der Waals surface area contributed by atoms with Crippen molar-refractivity contribution in [3.8, 4) is 0 Å². The molecule has 0 atom stereocenters. The van der Waals surface area contributed by atoms with E-state index in [0.717, 1.165) is 48.6 Å². The summed E-state index contributed by atoms with van der Waals surface area (Å²) in [5, 5.41) is 8.75. The van der Waals surface area contributed by atoms with Crippen molar-refractivity contribution in [1.29, 1.82) is 0 Å². The van der Waals surface area contributed by atoms with Crippen molar-refractivity contribution in [1.82, 2.24) is 9.97 Å². The summed E-state index contributed by atoms with van der Waals surface area (Å²) < 4.78 is 0. The third kappa shape index (κ3) is 4.14. The summed E-state index contributed by atoms with van der Waals surface area (Å²) in [4.78, 5) is 11.4. The number of nitrogens with zero attached hydrogens (tertiary/aromatic N) is 3. The van der Waals surface area contributed by atoms with Gasteiger partial charge in [-0.05, 0) is 56.5 Å². The van der Waals surface area contributed by atoms with E-state index in [9.17, 15) is 0 Å². The summed E-state index contributed by atoms with van der Waals surface area (Å²) in [5.41, 5.74) is 4.50. The van der Waals surface area contributed by atoms with Crippen molar-refractivity contribution in [2.45, 2.75) is 26.2 Å². The van der Waals surface area contributed by atoms with E-state index in [0.29, 0.717) is 5.02 Å². The number of hydrogen-bond acceptors (Lipinski definition) is 5. The maximum absolute atomic E-state index is 6.07. The first kappa shape index (κ1) is 18.8. The number of fused-ring (bicyclic) bond motifs is 1. The number of benzene rings is 1. The second kappa shape index (κ2) is 8.65. The van der Waals surface area contributed by atoms with E-state index in [4.69, 9.17) is 11.6 Å². The van der Waals surface area contributed by atoms with E-state index in [1.807, 2.05) is 36.7 Å². The van der Waals surface area contributed by atoms with Crippen molar-refractivity contribution in [3.63, 3.8) is 0 Å². The molecule has 0 amide bonds. The SMILES string of the molecule is Cc1c(N2CCCCC2)ccnc1NCCNc1ccnc2cc(Cl)ccc12. The van der Waals surface area contributed by atoms with Gasteiger partial charge in [-0.2, -0.15) is 0 Å². The Kier molecular flexibility index (Phi) is 5.81. The highest BCUT2D eigenvalue weighted by Gasteiger charge is 2.15. The van der Waals surface area contributed by atoms with Gasteiger partial charge >= 0.3 is 0 Å². The molecular weight excluding hydrogens is 370 g/mol. The molecule has 0 bridgehead atoms. The van der Waals surface area contributed by atoms with Crippen molar-refractivity contribution >= 4 is 39.7 Å². The molecule has 0 radical (unpaired) electrons. The minimum Gasteiger partial charge on any atom is -0.383 e. The van der Waals surface area contributed by atoms with Gasteiger partial charge in [0.1, 0.15) is 5.82 Å². The Labute approximate surface area is 171 Å². The largest absolute Gasteiger partial charge is 0.383 e. The topological polar surface area (TPSA) is 53.1 Å². The molecule has 0 aliphatic carbocycles. The molecule has 1 aliphatic heterocycles. The Morgan fingerprint density at radius 3 is 2.61 bits per heavy atom. The van der Waals surface area contributed by atoms with Crippen LogP contribution < -0.4 is 15.5 Å². The van der Waals surface area contributed by atoms with Crippen LogP contribution in [0.25, 0.3) is 10.9 Å². The average Bonchev–Trinajstić information content (AvgIpc) is 2.72. The van der Waals surface area contributed by atoms with Gasteiger partial charge in [0.2, 0.25) is 0 Å². The van der Waals surface area contributed by atoms with Crippen LogP contribution in [-0.2, 0) is 0 Å². The van der Waals surface area contributed by atoms with Crippen molar-refractivity contribution in [3.05, 3.63) is 53.3 Å². The standard InChI is InChI=1S/C22H26ClN5/c1-16-21(28-13-3-2-4-14-28)8-10-26-22(16)27-12-11-25-19-7-9-24-20-15-17(23)5-6-18(19)20/h5-10,15H,2-4,11-14H2,1H3,(H,24,25)(H,26,27). The van der Waals surface area contributed by atoms with E-state index in [1.165, 1.54) is 30.5 Å². The van der Waals surface area contributed by atoms with Gasteiger partial charge in [-0.25, -0.2) is 4.98 Å². The zero-order valence-electron chi connectivity index (χ0n) is 16.2. The van der Waals surface area contributed by atoms with Crippen molar-refractivity contribution in [2.24, 2.45) is 0 Å². The van der Waals surface area contributed by atoms with Crippen molar-refractivity contribution in [2.75, 3.05) is 41.7 Å². The molecule has 1 aliphatic rings. The molecule has 0 spiro atoms. The third-order valence-corrected chi connectivity index (χ3v) is 5.54. The second-order valence-corrected chi connectivity index (χ2v) is 7.66. The molecule has 146 valence electrons. The molecule has 2 N–H and O–H groups in total. The fourth-order valence-electron chi connectivity index (χ4n) is 3.83. The molecule has 6 heteroatoms. The average molecular weight is 396 g/mol. The molecule has 1 fully saturated rings. The Hall–Kier alpha value is -2.53. The number of halogens is 1. The first-order valence-electron chi connectivity index (χ1n) is 9.95. The number of aromatic nitrogens is 2. The van der Waals surface area contributed by atoms with E-state index < -0.39 is 0 Å². The zero-order valence-corrected chi connectivity index (χ0v) is 17.0. The van der Waals surface area contributed by atoms with Gasteiger partial charge < -0.3 is 15.5 Å². The highest BCUT2D eigenvalue weighted by Crippen LogP contribution is 2.27. The Balaban J connectivity index is 1.38. The molecule has 3 heterocycles. The van der Waals surface area contributed by atoms with Crippen LogP contribution in [0.1, 0.15) is 24.8 Å². The van der Waals surface area contributed by atoms with E-state index >= 15 is 0 Å². The summed E-state index contributed by atoms with van der Waals surface area (Å²) in [7, 11) is 0. The van der Waals surface area contributed by atoms with Gasteiger partial charge in [0.25, 0.3) is 0 Å². The number of hydrogen-bond donors (Lipinski definition) is 2. The molecule has 0 unspecified atom stereocenters. The maximum atomic E-state index is 6.07. The lowest BCUT2D eigenvalue weighted by atomic mass is 10.1. The van der Waals surface area contributed by atoms with Gasteiger partial charge in [-0.3, -0.25) is 4.98 Å². The predicted octanol–water partition coefficient (Wildman–Crippen LogP) is 5.11. The van der Waals surface area contributed by atoms with Crippen LogP contribution in [0.2, 0.25) is 5.02 Å². The molecule has 1 saturated heterocycles. The Bertz CT molecular complexity index is 953. The zero-order chi connectivity index (χ0) is 19.3. The summed E-state index contributed by atoms with van der Waals surface area (Å²) in [6.07, 6.45) is 7.61. The molecule has 28 heavy (non-hydrogen) atoms. The van der Waals surface area contributed by atoms with Gasteiger partial charge in [-0.15, -0.1) is 0 Å². The van der Waals surface area contributed by atoms with Crippen LogP contribution in [-0.4, -0.2) is 36.1 Å². The fraction of sp³-hybridized carbons (Fsp3) is 0.364. The minimum atomic E-state index is 0.703. The number of nitrogens with one attached hydrogen (secondary N) is 2. The van der Waals surface area contributed by atoms with Gasteiger partial charge in [0, 0.05) is 65.9 Å². The van der Waals surface area contributed by atoms with Gasteiger partial charge in [-0.1, -0.05) is 11.6 Å². The van der Waals surface area contributed by atoms with Crippen LogP contribution in [0, 0.1) is 6.92 Å². The molecule has 4 rings (SSSR count). The normalized spacial score (nSPS) is 14.3. The monoisotopic (exact) mass is 395 g/mol. The molecular formula is C22H26ClN5. The molecule has 2 aromatic heterocycles. The lowest BCUT2D eigenvalue weighted by molar-refractivity contribution is 0.577. The summed E-state index contributed by atoms with van der Waals surface area (Å²) in [6.45, 7) is 6.02. The maximum Gasteiger partial charge on any atom is 0.130 e. The number of rotatable bonds is 6. The van der Waals surface area contributed by atoms with Crippen LogP contribution in [0.5, 0.6) is 0 Å². The number of piperidine rings is 1. The molecule has 5 nitrogen and oxygen atoms in total. The van der Waals surface area contributed by atoms with E-state index in [1.54, 1.807) is 0 Å². The quantitative estimate of drug-likeness (QED) is 0.568. The highest BCUT2D eigenvalue weighted by atomic mass is 35.5. The van der Waals surface area contributed by atoms with Crippen LogP contribution >= 0.6 is 11.6 Å². The van der Waals surface area contributed by atoms with Crippen LogP contribution in [0.3, 0.4) is 0 Å². The first-order chi connectivity index (χ1) is 13.7. The summed E-state index contributed by atoms with van der Waals surface area (Å²) in [6, 6.07) is 9.93. The third-order valence-electron chi connectivity index (χ3n) is 5.31. The van der Waals surface area contributed by atoms with Gasteiger partial charge in [0.05, 0.1) is 5.52 Å². The summed E-state index contributed by atoms with van der Waals surface area (Å²) in [5.74, 6) is 0.969. The number of pyridine rings is 2. The van der Waals surface area contributed by atoms with Crippen LogP contribution in [0.4, 0.5) is 17.2 Å². The smallest absolute Gasteiger partial charge is 0.130 e. The highest BCUT2D eigenvalue weighted by molar-refractivity contribution is 6.31. The Morgan fingerprint density at radius 2 is 1.75 bits per heavy atom. The Morgan fingerprint density at radius 1 is 0.964 bits per heavy atom. The second-order valence-electron chi connectivity index (χ2n) is 7.22. The summed E-state index contributed by atoms with van der Waals surface area (Å²) >= 11 is 6.07. The molecule has 1 aromatic carbocycles. The minimum absolute atomic E-state index is 0.703. The van der Waals surface area contributed by atoms with E-state index in [2.05, 4.69) is 38.5 Å². The number of anilines is 3. The molecule has 0 saturated carbocycles. The molecule has 3 aromatic rings.